The van der Waals surface area contributed by atoms with Gasteiger partial charge >= 0.3 is 0 Å². The van der Waals surface area contributed by atoms with E-state index >= 15 is 0 Å². The minimum Gasteiger partial charge on any atom is -0.454 e. The van der Waals surface area contributed by atoms with Gasteiger partial charge in [-0.2, -0.15) is 0 Å². The van der Waals surface area contributed by atoms with Gasteiger partial charge in [-0.05, 0) is 58.5 Å². The number of nitrogens with one attached hydrogen (secondary N) is 1. The average Bonchev–Trinajstić information content (AvgIpc) is 2.85. The maximum atomic E-state index is 5.96. The fourth-order valence-corrected chi connectivity index (χ4v) is 2.46. The summed E-state index contributed by atoms with van der Waals surface area (Å²) in [5, 5.41) is 3.32. The highest BCUT2D eigenvalue weighted by Gasteiger charge is 2.13. The molecule has 0 saturated heterocycles. The van der Waals surface area contributed by atoms with Crippen LogP contribution < -0.4 is 20.5 Å². The Morgan fingerprint density at radius 2 is 1.95 bits per heavy atom. The highest BCUT2D eigenvalue weighted by Crippen LogP contribution is 2.32. The van der Waals surface area contributed by atoms with Crippen molar-refractivity contribution in [3.63, 3.8) is 0 Å². The molecule has 1 aliphatic heterocycles. The quantitative estimate of drug-likeness (QED) is 0.645. The van der Waals surface area contributed by atoms with E-state index in [1.54, 1.807) is 0 Å². The number of benzene rings is 2. The molecule has 0 aliphatic carbocycles. The summed E-state index contributed by atoms with van der Waals surface area (Å²) in [6.07, 6.45) is 0. The molecule has 19 heavy (non-hydrogen) atoms. The number of rotatable bonds is 3. The molecule has 0 unspecified atom stereocenters. The van der Waals surface area contributed by atoms with Crippen molar-refractivity contribution in [3.05, 3.63) is 45.5 Å². The third-order valence-corrected chi connectivity index (χ3v) is 3.60. The van der Waals surface area contributed by atoms with Crippen LogP contribution >= 0.6 is 22.6 Å². The summed E-state index contributed by atoms with van der Waals surface area (Å²) < 4.78 is 11.8. The molecule has 2 aromatic carbocycles. The topological polar surface area (TPSA) is 56.5 Å². The van der Waals surface area contributed by atoms with Crippen molar-refractivity contribution >= 4 is 34.0 Å². The third-order valence-electron chi connectivity index (χ3n) is 2.93. The monoisotopic (exact) mass is 368 g/mol. The van der Waals surface area contributed by atoms with Crippen molar-refractivity contribution in [3.8, 4) is 11.5 Å². The van der Waals surface area contributed by atoms with E-state index in [-0.39, 0.29) is 0 Å². The summed E-state index contributed by atoms with van der Waals surface area (Å²) >= 11 is 2.24. The SMILES string of the molecule is Nc1cc(I)ccc1NCc1ccc2c(c1)OCO2. The van der Waals surface area contributed by atoms with Crippen LogP contribution in [0.2, 0.25) is 0 Å². The number of ether oxygens (including phenoxy) is 2. The molecule has 5 heteroatoms. The van der Waals surface area contributed by atoms with Crippen LogP contribution in [0.15, 0.2) is 36.4 Å². The summed E-state index contributed by atoms with van der Waals surface area (Å²) in [5.41, 5.74) is 8.79. The van der Waals surface area contributed by atoms with Gasteiger partial charge in [-0.1, -0.05) is 6.07 Å². The van der Waals surface area contributed by atoms with Gasteiger partial charge in [-0.25, -0.2) is 0 Å². The summed E-state index contributed by atoms with van der Waals surface area (Å²) in [4.78, 5) is 0. The molecular formula is C14H13IN2O2. The van der Waals surface area contributed by atoms with E-state index in [9.17, 15) is 0 Å². The summed E-state index contributed by atoms with van der Waals surface area (Å²) in [5.74, 6) is 1.60. The van der Waals surface area contributed by atoms with Crippen molar-refractivity contribution < 1.29 is 9.47 Å². The van der Waals surface area contributed by atoms with Gasteiger partial charge < -0.3 is 20.5 Å². The molecule has 4 nitrogen and oxygen atoms in total. The minimum atomic E-state index is 0.302. The summed E-state index contributed by atoms with van der Waals surface area (Å²) in [6, 6.07) is 11.9. The first-order valence-electron chi connectivity index (χ1n) is 5.90. The van der Waals surface area contributed by atoms with E-state index in [0.29, 0.717) is 13.3 Å². The maximum Gasteiger partial charge on any atom is 0.231 e. The molecule has 0 aromatic heterocycles. The lowest BCUT2D eigenvalue weighted by Gasteiger charge is -2.10. The summed E-state index contributed by atoms with van der Waals surface area (Å²) in [7, 11) is 0. The van der Waals surface area contributed by atoms with Crippen molar-refractivity contribution in [2.75, 3.05) is 17.8 Å². The van der Waals surface area contributed by atoms with E-state index in [2.05, 4.69) is 27.9 Å². The van der Waals surface area contributed by atoms with Gasteiger partial charge in [0, 0.05) is 10.1 Å². The van der Waals surface area contributed by atoms with Crippen LogP contribution in [-0.4, -0.2) is 6.79 Å². The molecule has 0 radical (unpaired) electrons. The van der Waals surface area contributed by atoms with E-state index in [1.165, 1.54) is 0 Å². The molecule has 98 valence electrons. The largest absolute Gasteiger partial charge is 0.454 e. The number of halogens is 1. The second-order valence-electron chi connectivity index (χ2n) is 4.27. The van der Waals surface area contributed by atoms with Crippen LogP contribution in [0.1, 0.15) is 5.56 Å². The second kappa shape index (κ2) is 5.16. The number of fused-ring (bicyclic) bond motifs is 1. The highest BCUT2D eigenvalue weighted by atomic mass is 127. The zero-order chi connectivity index (χ0) is 13.2. The van der Waals surface area contributed by atoms with Crippen molar-refractivity contribution in [1.82, 2.24) is 0 Å². The van der Waals surface area contributed by atoms with E-state index < -0.39 is 0 Å². The lowest BCUT2D eigenvalue weighted by molar-refractivity contribution is 0.174. The Morgan fingerprint density at radius 1 is 1.11 bits per heavy atom. The number of hydrogen-bond donors (Lipinski definition) is 2. The Hall–Kier alpha value is -1.63. The number of nitrogen functional groups attached to an aromatic ring is 1. The molecule has 3 rings (SSSR count). The fourth-order valence-electron chi connectivity index (χ4n) is 1.94. The molecule has 0 fully saturated rings. The highest BCUT2D eigenvalue weighted by molar-refractivity contribution is 14.1. The van der Waals surface area contributed by atoms with Crippen LogP contribution in [0.4, 0.5) is 11.4 Å². The van der Waals surface area contributed by atoms with Gasteiger partial charge in [0.05, 0.1) is 11.4 Å². The average molecular weight is 368 g/mol. The third kappa shape index (κ3) is 2.70. The Morgan fingerprint density at radius 3 is 2.79 bits per heavy atom. The molecule has 0 atom stereocenters. The Balaban J connectivity index is 1.72. The molecule has 0 bridgehead atoms. The Kier molecular flexibility index (Phi) is 3.37. The van der Waals surface area contributed by atoms with Gasteiger partial charge in [-0.3, -0.25) is 0 Å². The molecule has 1 heterocycles. The van der Waals surface area contributed by atoms with E-state index in [1.807, 2.05) is 36.4 Å². The van der Waals surface area contributed by atoms with E-state index in [4.69, 9.17) is 15.2 Å². The van der Waals surface area contributed by atoms with Gasteiger partial charge in [0.1, 0.15) is 0 Å². The zero-order valence-electron chi connectivity index (χ0n) is 10.2. The van der Waals surface area contributed by atoms with Gasteiger partial charge in [-0.15, -0.1) is 0 Å². The standard InChI is InChI=1S/C14H13IN2O2/c15-10-2-3-12(11(16)6-10)17-7-9-1-4-13-14(5-9)19-8-18-13/h1-6,17H,7-8,16H2. The normalized spacial score (nSPS) is 12.5. The summed E-state index contributed by atoms with van der Waals surface area (Å²) in [6.45, 7) is 0.998. The van der Waals surface area contributed by atoms with Gasteiger partial charge in [0.15, 0.2) is 11.5 Å². The predicted molar refractivity (Wildman–Crippen MR) is 83.5 cm³/mol. The molecule has 0 amide bonds. The smallest absolute Gasteiger partial charge is 0.231 e. The molecule has 1 aliphatic rings. The fraction of sp³-hybridized carbons (Fsp3) is 0.143. The van der Waals surface area contributed by atoms with Gasteiger partial charge in [0.25, 0.3) is 0 Å². The van der Waals surface area contributed by atoms with Crippen LogP contribution in [0.3, 0.4) is 0 Å². The number of nitrogens with two attached hydrogens (primary N) is 1. The maximum absolute atomic E-state index is 5.96. The van der Waals surface area contributed by atoms with Crippen LogP contribution in [-0.2, 0) is 6.54 Å². The van der Waals surface area contributed by atoms with Crippen LogP contribution in [0, 0.1) is 3.57 Å². The van der Waals surface area contributed by atoms with Gasteiger partial charge in [0.2, 0.25) is 6.79 Å². The minimum absolute atomic E-state index is 0.302. The van der Waals surface area contributed by atoms with Crippen molar-refractivity contribution in [2.24, 2.45) is 0 Å². The van der Waals surface area contributed by atoms with Crippen molar-refractivity contribution in [1.29, 1.82) is 0 Å². The molecule has 3 N–H and O–H groups in total. The first kappa shape index (κ1) is 12.4. The number of anilines is 2. The second-order valence-corrected chi connectivity index (χ2v) is 5.52. The molecule has 2 aromatic rings. The molecular weight excluding hydrogens is 355 g/mol. The number of hydrogen-bond acceptors (Lipinski definition) is 4. The zero-order valence-corrected chi connectivity index (χ0v) is 12.3. The lowest BCUT2D eigenvalue weighted by Crippen LogP contribution is -2.02. The molecule has 0 spiro atoms. The van der Waals surface area contributed by atoms with E-state index in [0.717, 1.165) is 32.0 Å². The Bertz CT molecular complexity index is 616. The Labute approximate surface area is 125 Å². The van der Waals surface area contributed by atoms with Crippen LogP contribution in [0.5, 0.6) is 11.5 Å². The molecule has 0 saturated carbocycles. The lowest BCUT2D eigenvalue weighted by atomic mass is 10.2. The first-order valence-corrected chi connectivity index (χ1v) is 6.98. The van der Waals surface area contributed by atoms with Crippen LogP contribution in [0.25, 0.3) is 0 Å². The first-order chi connectivity index (χ1) is 9.22. The van der Waals surface area contributed by atoms with Crippen molar-refractivity contribution in [2.45, 2.75) is 6.54 Å². The predicted octanol–water partition coefficient (Wildman–Crippen LogP) is 3.21.